The van der Waals surface area contributed by atoms with Gasteiger partial charge in [0.05, 0.1) is 16.6 Å². The maximum atomic E-state index is 12.3. The Morgan fingerprint density at radius 3 is 2.95 bits per heavy atom. The Bertz CT molecular complexity index is 603. The first-order valence-electron chi connectivity index (χ1n) is 6.68. The standard InChI is InChI=1S/C14H14BrN3O2S/c15-11-6-16-14(17-7-11)20-12-2-1-4-18(8-12)13(19)10-3-5-21-9-10/h3,5-7,9,12H,1-2,4,8H2. The van der Waals surface area contributed by atoms with Crippen LogP contribution in [0.4, 0.5) is 0 Å². The Balaban J connectivity index is 1.63. The molecule has 0 aliphatic carbocycles. The van der Waals surface area contributed by atoms with Crippen molar-refractivity contribution in [1.82, 2.24) is 14.9 Å². The zero-order valence-electron chi connectivity index (χ0n) is 11.2. The second-order valence-electron chi connectivity index (χ2n) is 4.83. The van der Waals surface area contributed by atoms with Gasteiger partial charge in [0.25, 0.3) is 5.91 Å². The third kappa shape index (κ3) is 3.59. The van der Waals surface area contributed by atoms with Gasteiger partial charge >= 0.3 is 6.01 Å². The summed E-state index contributed by atoms with van der Waals surface area (Å²) in [4.78, 5) is 22.4. The second kappa shape index (κ2) is 6.53. The van der Waals surface area contributed by atoms with Gasteiger partial charge in [0.1, 0.15) is 6.10 Å². The van der Waals surface area contributed by atoms with Crippen molar-refractivity contribution in [1.29, 1.82) is 0 Å². The molecule has 110 valence electrons. The molecule has 7 heteroatoms. The maximum absolute atomic E-state index is 12.3. The SMILES string of the molecule is O=C(c1ccsc1)N1CCCC(Oc2ncc(Br)cn2)C1. The van der Waals surface area contributed by atoms with Gasteiger partial charge in [0.2, 0.25) is 0 Å². The van der Waals surface area contributed by atoms with Crippen LogP contribution < -0.4 is 4.74 Å². The monoisotopic (exact) mass is 367 g/mol. The number of piperidine rings is 1. The molecule has 5 nitrogen and oxygen atoms in total. The number of halogens is 1. The third-order valence-electron chi connectivity index (χ3n) is 3.30. The Labute approximate surface area is 135 Å². The molecule has 21 heavy (non-hydrogen) atoms. The number of thiophene rings is 1. The van der Waals surface area contributed by atoms with Crippen molar-refractivity contribution in [3.63, 3.8) is 0 Å². The van der Waals surface area contributed by atoms with Gasteiger partial charge in [-0.2, -0.15) is 11.3 Å². The topological polar surface area (TPSA) is 55.3 Å². The van der Waals surface area contributed by atoms with Gasteiger partial charge in [0.15, 0.2) is 0 Å². The minimum Gasteiger partial charge on any atom is -0.458 e. The molecule has 1 aliphatic heterocycles. The second-order valence-corrected chi connectivity index (χ2v) is 6.52. The smallest absolute Gasteiger partial charge is 0.316 e. The molecule has 0 aromatic carbocycles. The molecule has 0 spiro atoms. The highest BCUT2D eigenvalue weighted by Crippen LogP contribution is 2.19. The first-order valence-corrected chi connectivity index (χ1v) is 8.41. The zero-order valence-corrected chi connectivity index (χ0v) is 13.6. The number of aromatic nitrogens is 2. The normalized spacial score (nSPS) is 18.5. The molecule has 1 amide bonds. The van der Waals surface area contributed by atoms with E-state index in [0.717, 1.165) is 29.4 Å². The number of hydrogen-bond donors (Lipinski definition) is 0. The predicted molar refractivity (Wildman–Crippen MR) is 83.6 cm³/mol. The number of amides is 1. The lowest BCUT2D eigenvalue weighted by atomic mass is 10.1. The fourth-order valence-corrected chi connectivity index (χ4v) is 3.13. The number of nitrogens with zero attached hydrogens (tertiary/aromatic N) is 3. The molecular weight excluding hydrogens is 354 g/mol. The van der Waals surface area contributed by atoms with Crippen LogP contribution in [0.15, 0.2) is 33.7 Å². The van der Waals surface area contributed by atoms with Crippen LogP contribution in [0.3, 0.4) is 0 Å². The summed E-state index contributed by atoms with van der Waals surface area (Å²) in [6.07, 6.45) is 5.09. The molecule has 1 saturated heterocycles. The lowest BCUT2D eigenvalue weighted by Gasteiger charge is -2.32. The molecule has 0 bridgehead atoms. The van der Waals surface area contributed by atoms with E-state index in [9.17, 15) is 4.79 Å². The van der Waals surface area contributed by atoms with Crippen LogP contribution in [0.1, 0.15) is 23.2 Å². The summed E-state index contributed by atoms with van der Waals surface area (Å²) in [6.45, 7) is 1.35. The van der Waals surface area contributed by atoms with Crippen molar-refractivity contribution in [3.05, 3.63) is 39.3 Å². The summed E-state index contributed by atoms with van der Waals surface area (Å²) in [5.41, 5.74) is 0.751. The highest BCUT2D eigenvalue weighted by Gasteiger charge is 2.26. The van der Waals surface area contributed by atoms with E-state index in [4.69, 9.17) is 4.74 Å². The average molecular weight is 368 g/mol. The fourth-order valence-electron chi connectivity index (χ4n) is 2.30. The fraction of sp³-hybridized carbons (Fsp3) is 0.357. The molecule has 0 saturated carbocycles. The van der Waals surface area contributed by atoms with Gasteiger partial charge < -0.3 is 9.64 Å². The number of ether oxygens (including phenoxy) is 1. The summed E-state index contributed by atoms with van der Waals surface area (Å²) in [7, 11) is 0. The number of hydrogen-bond acceptors (Lipinski definition) is 5. The van der Waals surface area contributed by atoms with Crippen LogP contribution in [0, 0.1) is 0 Å². The van der Waals surface area contributed by atoms with Gasteiger partial charge in [-0.3, -0.25) is 4.79 Å². The van der Waals surface area contributed by atoms with Gasteiger partial charge in [-0.05, 0) is 40.2 Å². The van der Waals surface area contributed by atoms with Crippen molar-refractivity contribution in [2.24, 2.45) is 0 Å². The summed E-state index contributed by atoms with van der Waals surface area (Å²) in [5.74, 6) is 0.0706. The van der Waals surface area contributed by atoms with E-state index >= 15 is 0 Å². The Kier molecular flexibility index (Phi) is 4.50. The Hall–Kier alpha value is -1.47. The summed E-state index contributed by atoms with van der Waals surface area (Å²) in [5, 5.41) is 3.80. The van der Waals surface area contributed by atoms with Crippen LogP contribution in [-0.2, 0) is 0 Å². The predicted octanol–water partition coefficient (Wildman–Crippen LogP) is 2.98. The highest BCUT2D eigenvalue weighted by atomic mass is 79.9. The van der Waals surface area contributed by atoms with Crippen LogP contribution >= 0.6 is 27.3 Å². The third-order valence-corrected chi connectivity index (χ3v) is 4.39. The van der Waals surface area contributed by atoms with Crippen molar-refractivity contribution >= 4 is 33.2 Å². The van der Waals surface area contributed by atoms with E-state index in [2.05, 4.69) is 25.9 Å². The minimum atomic E-state index is -0.0532. The largest absolute Gasteiger partial charge is 0.458 e. The average Bonchev–Trinajstić information content (AvgIpc) is 3.03. The van der Waals surface area contributed by atoms with Gasteiger partial charge in [-0.1, -0.05) is 0 Å². The molecule has 1 atom stereocenters. The van der Waals surface area contributed by atoms with Crippen LogP contribution in [0.25, 0.3) is 0 Å². The van der Waals surface area contributed by atoms with Crippen molar-refractivity contribution < 1.29 is 9.53 Å². The number of carbonyl (C=O) groups is 1. The summed E-state index contributed by atoms with van der Waals surface area (Å²) < 4.78 is 6.59. The van der Waals surface area contributed by atoms with E-state index in [1.165, 1.54) is 11.3 Å². The zero-order chi connectivity index (χ0) is 14.7. The molecule has 1 unspecified atom stereocenters. The molecule has 2 aromatic rings. The van der Waals surface area contributed by atoms with E-state index < -0.39 is 0 Å². The number of rotatable bonds is 3. The van der Waals surface area contributed by atoms with E-state index in [-0.39, 0.29) is 12.0 Å². The first-order chi connectivity index (χ1) is 10.2. The number of likely N-dealkylation sites (tertiary alicyclic amines) is 1. The molecule has 3 heterocycles. The van der Waals surface area contributed by atoms with Crippen LogP contribution in [0.5, 0.6) is 6.01 Å². The molecular formula is C14H14BrN3O2S. The minimum absolute atomic E-state index is 0.0532. The van der Waals surface area contributed by atoms with Crippen LogP contribution in [-0.4, -0.2) is 40.0 Å². The first kappa shape index (κ1) is 14.5. The molecule has 0 radical (unpaired) electrons. The Morgan fingerprint density at radius 2 is 2.24 bits per heavy atom. The molecule has 2 aromatic heterocycles. The maximum Gasteiger partial charge on any atom is 0.316 e. The van der Waals surface area contributed by atoms with E-state index in [0.29, 0.717) is 12.6 Å². The number of carbonyl (C=O) groups excluding carboxylic acids is 1. The van der Waals surface area contributed by atoms with Crippen molar-refractivity contribution in [3.8, 4) is 6.01 Å². The highest BCUT2D eigenvalue weighted by molar-refractivity contribution is 9.10. The van der Waals surface area contributed by atoms with Crippen molar-refractivity contribution in [2.75, 3.05) is 13.1 Å². The lowest BCUT2D eigenvalue weighted by molar-refractivity contribution is 0.0516. The van der Waals surface area contributed by atoms with E-state index in [1.54, 1.807) is 12.4 Å². The molecule has 3 rings (SSSR count). The van der Waals surface area contributed by atoms with Gasteiger partial charge in [0, 0.05) is 24.3 Å². The van der Waals surface area contributed by atoms with Crippen molar-refractivity contribution in [2.45, 2.75) is 18.9 Å². The summed E-state index contributed by atoms with van der Waals surface area (Å²) in [6, 6.07) is 2.21. The summed E-state index contributed by atoms with van der Waals surface area (Å²) >= 11 is 4.82. The van der Waals surface area contributed by atoms with E-state index in [1.807, 2.05) is 21.7 Å². The lowest BCUT2D eigenvalue weighted by Crippen LogP contribution is -2.44. The quantitative estimate of drug-likeness (QED) is 0.836. The van der Waals surface area contributed by atoms with Crippen LogP contribution in [0.2, 0.25) is 0 Å². The molecule has 0 N–H and O–H groups in total. The molecule has 1 aliphatic rings. The van der Waals surface area contributed by atoms with Gasteiger partial charge in [-0.15, -0.1) is 0 Å². The molecule has 1 fully saturated rings. The Morgan fingerprint density at radius 1 is 1.43 bits per heavy atom. The van der Waals surface area contributed by atoms with Gasteiger partial charge in [-0.25, -0.2) is 9.97 Å².